The van der Waals surface area contributed by atoms with Crippen molar-refractivity contribution >= 4 is 66.5 Å². The summed E-state index contributed by atoms with van der Waals surface area (Å²) in [6, 6.07) is 5.85. The van der Waals surface area contributed by atoms with Crippen LogP contribution < -0.4 is 10.6 Å². The summed E-state index contributed by atoms with van der Waals surface area (Å²) in [6.07, 6.45) is 4.36. The molecule has 2 N–H and O–H groups in total. The van der Waals surface area contributed by atoms with Crippen molar-refractivity contribution in [2.24, 2.45) is 0 Å². The maximum Gasteiger partial charge on any atom is 0.257 e. The summed E-state index contributed by atoms with van der Waals surface area (Å²) in [6.45, 7) is 1.04. The van der Waals surface area contributed by atoms with Crippen LogP contribution in [0.15, 0.2) is 45.1 Å². The molecular formula is C19H20N6O4S4. The van der Waals surface area contributed by atoms with Crippen molar-refractivity contribution in [2.45, 2.75) is 28.5 Å². The number of thioether (sulfide) groups is 1. The first-order valence-corrected chi connectivity index (χ1v) is 14.1. The second kappa shape index (κ2) is 10.7. The van der Waals surface area contributed by atoms with Crippen molar-refractivity contribution in [3.05, 3.63) is 41.4 Å². The van der Waals surface area contributed by atoms with E-state index in [2.05, 4.69) is 25.8 Å². The molecule has 0 saturated carbocycles. The van der Waals surface area contributed by atoms with Crippen LogP contribution in [-0.2, 0) is 14.8 Å². The molecule has 174 valence electrons. The van der Waals surface area contributed by atoms with Crippen molar-refractivity contribution in [1.29, 1.82) is 0 Å². The number of nitrogens with one attached hydrogen (secondary N) is 2. The topological polar surface area (TPSA) is 134 Å². The van der Waals surface area contributed by atoms with E-state index in [1.165, 1.54) is 51.7 Å². The van der Waals surface area contributed by atoms with E-state index in [4.69, 9.17) is 0 Å². The maximum atomic E-state index is 12.7. The van der Waals surface area contributed by atoms with E-state index in [0.717, 1.165) is 30.6 Å². The number of sulfonamides is 1. The first-order valence-electron chi connectivity index (χ1n) is 9.99. The molecule has 3 heterocycles. The fraction of sp³-hybridized carbons (Fsp3) is 0.316. The third-order valence-corrected chi connectivity index (χ3v) is 9.28. The molecular weight excluding hydrogens is 505 g/mol. The average Bonchev–Trinajstić information content (AvgIpc) is 3.50. The highest BCUT2D eigenvalue weighted by atomic mass is 32.2. The molecule has 0 spiro atoms. The molecule has 0 atom stereocenters. The fourth-order valence-corrected chi connectivity index (χ4v) is 6.70. The van der Waals surface area contributed by atoms with Gasteiger partial charge in [0, 0.05) is 30.2 Å². The van der Waals surface area contributed by atoms with Gasteiger partial charge in [-0.1, -0.05) is 29.5 Å². The number of piperidine rings is 1. The van der Waals surface area contributed by atoms with E-state index < -0.39 is 15.9 Å². The Labute approximate surface area is 202 Å². The van der Waals surface area contributed by atoms with Crippen LogP contribution in [0.25, 0.3) is 0 Å². The molecule has 0 bridgehead atoms. The Morgan fingerprint density at radius 2 is 1.79 bits per heavy atom. The highest BCUT2D eigenvalue weighted by Crippen LogP contribution is 2.26. The average molecular weight is 525 g/mol. The summed E-state index contributed by atoms with van der Waals surface area (Å²) < 4.78 is 27.5. The number of anilines is 2. The van der Waals surface area contributed by atoms with Crippen LogP contribution in [0.5, 0.6) is 0 Å². The Balaban J connectivity index is 1.31. The number of hydrogen-bond acceptors (Lipinski definition) is 10. The van der Waals surface area contributed by atoms with Crippen LogP contribution in [0.1, 0.15) is 29.6 Å². The zero-order chi connectivity index (χ0) is 23.3. The van der Waals surface area contributed by atoms with Crippen LogP contribution in [0.4, 0.5) is 10.3 Å². The lowest BCUT2D eigenvalue weighted by atomic mass is 10.2. The normalized spacial score (nSPS) is 14.7. The molecule has 33 heavy (non-hydrogen) atoms. The van der Waals surface area contributed by atoms with Crippen molar-refractivity contribution in [2.75, 3.05) is 29.5 Å². The lowest BCUT2D eigenvalue weighted by molar-refractivity contribution is -0.113. The summed E-state index contributed by atoms with van der Waals surface area (Å²) in [7, 11) is -3.55. The molecule has 1 saturated heterocycles. The molecule has 1 aliphatic heterocycles. The number of carbonyl (C=O) groups excluding carboxylic acids is 2. The van der Waals surface area contributed by atoms with Crippen molar-refractivity contribution in [1.82, 2.24) is 19.5 Å². The number of benzene rings is 1. The van der Waals surface area contributed by atoms with Crippen LogP contribution >= 0.6 is 34.4 Å². The molecule has 2 aromatic heterocycles. The predicted octanol–water partition coefficient (Wildman–Crippen LogP) is 3.15. The Morgan fingerprint density at radius 1 is 1.03 bits per heavy atom. The van der Waals surface area contributed by atoms with Crippen LogP contribution in [0.2, 0.25) is 0 Å². The second-order valence-corrected chi connectivity index (χ2v) is 12.0. The first kappa shape index (κ1) is 23.8. The molecule has 0 aliphatic carbocycles. The largest absolute Gasteiger partial charge is 0.301 e. The van der Waals surface area contributed by atoms with E-state index in [0.29, 0.717) is 28.1 Å². The van der Waals surface area contributed by atoms with Gasteiger partial charge in [-0.3, -0.25) is 14.9 Å². The Hall–Kier alpha value is -2.39. The van der Waals surface area contributed by atoms with Gasteiger partial charge < -0.3 is 5.32 Å². The summed E-state index contributed by atoms with van der Waals surface area (Å²) >= 11 is 3.67. The summed E-state index contributed by atoms with van der Waals surface area (Å²) in [4.78, 5) is 28.6. The Morgan fingerprint density at radius 3 is 2.48 bits per heavy atom. The van der Waals surface area contributed by atoms with Crippen molar-refractivity contribution in [3.8, 4) is 0 Å². The predicted molar refractivity (Wildman–Crippen MR) is 128 cm³/mol. The molecule has 3 aromatic rings. The van der Waals surface area contributed by atoms with Gasteiger partial charge in [0.2, 0.25) is 21.1 Å². The van der Waals surface area contributed by atoms with Gasteiger partial charge in [0.05, 0.1) is 10.6 Å². The van der Waals surface area contributed by atoms with Crippen molar-refractivity contribution < 1.29 is 18.0 Å². The van der Waals surface area contributed by atoms with E-state index in [1.807, 2.05) is 0 Å². The number of nitrogens with zero attached hydrogens (tertiary/aromatic N) is 4. The zero-order valence-corrected chi connectivity index (χ0v) is 20.5. The molecule has 0 unspecified atom stereocenters. The Bertz CT molecular complexity index is 1210. The van der Waals surface area contributed by atoms with Crippen molar-refractivity contribution in [3.63, 3.8) is 0 Å². The fourth-order valence-electron chi connectivity index (χ4n) is 3.09. The van der Waals surface area contributed by atoms with Gasteiger partial charge in [-0.05, 0) is 37.1 Å². The number of carbonyl (C=O) groups is 2. The minimum atomic E-state index is -3.55. The van der Waals surface area contributed by atoms with Gasteiger partial charge in [-0.25, -0.2) is 13.4 Å². The van der Waals surface area contributed by atoms with E-state index >= 15 is 0 Å². The van der Waals surface area contributed by atoms with Crippen LogP contribution in [0.3, 0.4) is 0 Å². The lowest BCUT2D eigenvalue weighted by Gasteiger charge is -2.25. The highest BCUT2D eigenvalue weighted by Gasteiger charge is 2.26. The molecule has 4 rings (SSSR count). The molecule has 1 aromatic carbocycles. The Kier molecular flexibility index (Phi) is 7.70. The molecule has 1 aliphatic rings. The molecule has 14 heteroatoms. The smallest absolute Gasteiger partial charge is 0.257 e. The number of thiazole rings is 1. The van der Waals surface area contributed by atoms with Gasteiger partial charge in [0.15, 0.2) is 9.47 Å². The second-order valence-electron chi connectivity index (χ2n) is 6.99. The highest BCUT2D eigenvalue weighted by molar-refractivity contribution is 8.01. The molecule has 0 radical (unpaired) electrons. The van der Waals surface area contributed by atoms with Gasteiger partial charge in [-0.15, -0.1) is 21.5 Å². The minimum Gasteiger partial charge on any atom is -0.301 e. The standard InChI is InChI=1S/C19H20N6O4S4/c26-15(21-17-20-8-11-30-17)12-31-19-24-23-18(32-19)22-16(27)13-4-6-14(7-5-13)33(28,29)25-9-2-1-3-10-25/h4-8,11H,1-3,9-10,12H2,(H,20,21,26)(H,22,23,27). The first-order chi connectivity index (χ1) is 15.9. The van der Waals surface area contributed by atoms with Crippen LogP contribution in [0, 0.1) is 0 Å². The van der Waals surface area contributed by atoms with Crippen LogP contribution in [-0.4, -0.2) is 58.6 Å². The minimum absolute atomic E-state index is 0.134. The summed E-state index contributed by atoms with van der Waals surface area (Å²) in [5.41, 5.74) is 0.305. The third-order valence-electron chi connectivity index (χ3n) is 4.70. The van der Waals surface area contributed by atoms with E-state index in [9.17, 15) is 18.0 Å². The number of hydrogen-bond donors (Lipinski definition) is 2. The zero-order valence-electron chi connectivity index (χ0n) is 17.3. The summed E-state index contributed by atoms with van der Waals surface area (Å²) in [5, 5.41) is 15.8. The van der Waals surface area contributed by atoms with Gasteiger partial charge >= 0.3 is 0 Å². The molecule has 2 amide bonds. The quantitative estimate of drug-likeness (QED) is 0.339. The number of aromatic nitrogens is 3. The van der Waals surface area contributed by atoms with E-state index in [1.54, 1.807) is 11.6 Å². The van der Waals surface area contributed by atoms with E-state index in [-0.39, 0.29) is 21.7 Å². The third kappa shape index (κ3) is 6.14. The summed E-state index contributed by atoms with van der Waals surface area (Å²) in [5.74, 6) is -0.503. The van der Waals surface area contributed by atoms with Gasteiger partial charge in [-0.2, -0.15) is 4.31 Å². The molecule has 1 fully saturated rings. The number of rotatable bonds is 8. The number of amides is 2. The maximum absolute atomic E-state index is 12.7. The monoisotopic (exact) mass is 524 g/mol. The SMILES string of the molecule is O=C(CSc1nnc(NC(=O)c2ccc(S(=O)(=O)N3CCCCC3)cc2)s1)Nc1nccs1. The lowest BCUT2D eigenvalue weighted by Crippen LogP contribution is -2.35. The molecule has 10 nitrogen and oxygen atoms in total. The van der Waals surface area contributed by atoms with Gasteiger partial charge in [0.1, 0.15) is 0 Å². The van der Waals surface area contributed by atoms with Gasteiger partial charge in [0.25, 0.3) is 5.91 Å².